The van der Waals surface area contributed by atoms with Crippen LogP contribution in [-0.2, 0) is 4.79 Å². The first-order valence-electron chi connectivity index (χ1n) is 6.24. The second kappa shape index (κ2) is 6.45. The van der Waals surface area contributed by atoms with E-state index in [0.29, 0.717) is 0 Å². The second-order valence-corrected chi connectivity index (χ2v) is 5.53. The third kappa shape index (κ3) is 4.35. The highest BCUT2D eigenvalue weighted by Crippen LogP contribution is 2.18. The molecule has 0 bridgehead atoms. The van der Waals surface area contributed by atoms with E-state index in [1.165, 1.54) is 0 Å². The molecule has 0 saturated carbocycles. The van der Waals surface area contributed by atoms with Gasteiger partial charge < -0.3 is 15.4 Å². The van der Waals surface area contributed by atoms with Crippen molar-refractivity contribution in [3.8, 4) is 5.88 Å². The molecule has 0 saturated heterocycles. The normalized spacial score (nSPS) is 10.4. The van der Waals surface area contributed by atoms with Gasteiger partial charge in [-0.1, -0.05) is 29.5 Å². The van der Waals surface area contributed by atoms with Gasteiger partial charge in [-0.15, -0.1) is 0 Å². The fourth-order valence-electron chi connectivity index (χ4n) is 1.77. The number of aromatic nitrogens is 2. The highest BCUT2D eigenvalue weighted by Gasteiger charge is 2.08. The summed E-state index contributed by atoms with van der Waals surface area (Å²) in [5.74, 6) is -0.492. The Kier molecular flexibility index (Phi) is 4.64. The topological polar surface area (TPSA) is 95.1 Å². The number of nitrogens with one attached hydrogen (secondary N) is 2. The lowest BCUT2D eigenvalue weighted by atomic mass is 10.1. The molecule has 2 rings (SSSR count). The highest BCUT2D eigenvalue weighted by atomic mass is 32.2. The maximum absolute atomic E-state index is 11.9. The number of aromatic hydroxyl groups is 1. The molecule has 1 aromatic carbocycles. The summed E-state index contributed by atoms with van der Waals surface area (Å²) in [7, 11) is 0. The summed E-state index contributed by atoms with van der Waals surface area (Å²) in [6, 6.07) is 6.72. The molecule has 0 spiro atoms. The SMILES string of the molecule is Cc1ccc(NC(=O)CSc2nc(O)cc(=O)[nH]2)c(C)c1. The summed E-state index contributed by atoms with van der Waals surface area (Å²) in [6.07, 6.45) is 0. The van der Waals surface area contributed by atoms with Crippen molar-refractivity contribution in [2.45, 2.75) is 19.0 Å². The summed E-state index contributed by atoms with van der Waals surface area (Å²) < 4.78 is 0. The number of benzene rings is 1. The molecule has 0 unspecified atom stereocenters. The van der Waals surface area contributed by atoms with E-state index in [0.717, 1.165) is 34.6 Å². The Labute approximate surface area is 125 Å². The number of amides is 1. The van der Waals surface area contributed by atoms with E-state index in [1.807, 2.05) is 32.0 Å². The van der Waals surface area contributed by atoms with Gasteiger partial charge >= 0.3 is 0 Å². The first-order valence-corrected chi connectivity index (χ1v) is 7.23. The van der Waals surface area contributed by atoms with Crippen LogP contribution in [-0.4, -0.2) is 26.7 Å². The minimum Gasteiger partial charge on any atom is -0.493 e. The predicted octanol–water partition coefficient (Wildman–Crippen LogP) is 1.82. The van der Waals surface area contributed by atoms with Crippen LogP contribution in [0.4, 0.5) is 5.69 Å². The molecule has 0 atom stereocenters. The standard InChI is InChI=1S/C14H15N3O3S/c1-8-3-4-10(9(2)5-8)15-13(20)7-21-14-16-11(18)6-12(19)17-14/h3-6H,7H2,1-2H3,(H,15,20)(H2,16,17,18,19). The number of nitrogens with zero attached hydrogens (tertiary/aromatic N) is 1. The molecule has 21 heavy (non-hydrogen) atoms. The van der Waals surface area contributed by atoms with Crippen molar-refractivity contribution in [3.63, 3.8) is 0 Å². The van der Waals surface area contributed by atoms with Gasteiger partial charge in [-0.25, -0.2) is 0 Å². The number of aryl methyl sites for hydroxylation is 2. The number of hydrogen-bond acceptors (Lipinski definition) is 5. The van der Waals surface area contributed by atoms with Crippen LogP contribution in [0.3, 0.4) is 0 Å². The van der Waals surface area contributed by atoms with E-state index in [-0.39, 0.29) is 22.7 Å². The van der Waals surface area contributed by atoms with Crippen molar-refractivity contribution in [2.24, 2.45) is 0 Å². The Morgan fingerprint density at radius 1 is 1.38 bits per heavy atom. The summed E-state index contributed by atoms with van der Waals surface area (Å²) in [4.78, 5) is 29.2. The molecule has 110 valence electrons. The largest absolute Gasteiger partial charge is 0.493 e. The number of H-pyrrole nitrogens is 1. The van der Waals surface area contributed by atoms with Gasteiger partial charge in [-0.05, 0) is 25.5 Å². The third-order valence-corrected chi connectivity index (χ3v) is 3.58. The zero-order valence-electron chi connectivity index (χ0n) is 11.6. The fourth-order valence-corrected chi connectivity index (χ4v) is 2.44. The van der Waals surface area contributed by atoms with Gasteiger partial charge in [-0.2, -0.15) is 4.98 Å². The zero-order chi connectivity index (χ0) is 15.4. The van der Waals surface area contributed by atoms with Crippen LogP contribution < -0.4 is 10.9 Å². The molecule has 7 heteroatoms. The van der Waals surface area contributed by atoms with E-state index in [9.17, 15) is 14.7 Å². The van der Waals surface area contributed by atoms with Crippen LogP contribution in [0.2, 0.25) is 0 Å². The number of thioether (sulfide) groups is 1. The Morgan fingerprint density at radius 3 is 2.81 bits per heavy atom. The average molecular weight is 305 g/mol. The van der Waals surface area contributed by atoms with Crippen LogP contribution in [0.25, 0.3) is 0 Å². The molecular weight excluding hydrogens is 290 g/mol. The maximum atomic E-state index is 11.9. The molecule has 0 radical (unpaired) electrons. The maximum Gasteiger partial charge on any atom is 0.255 e. The minimum atomic E-state index is -0.459. The molecule has 0 aliphatic rings. The second-order valence-electron chi connectivity index (χ2n) is 4.56. The highest BCUT2D eigenvalue weighted by molar-refractivity contribution is 7.99. The predicted molar refractivity (Wildman–Crippen MR) is 81.8 cm³/mol. The van der Waals surface area contributed by atoms with Crippen molar-refractivity contribution in [3.05, 3.63) is 45.7 Å². The van der Waals surface area contributed by atoms with Crippen molar-refractivity contribution in [1.29, 1.82) is 0 Å². The minimum absolute atomic E-state index is 0.0830. The van der Waals surface area contributed by atoms with E-state index in [2.05, 4.69) is 15.3 Å². The monoisotopic (exact) mass is 305 g/mol. The molecule has 2 aromatic rings. The van der Waals surface area contributed by atoms with Crippen molar-refractivity contribution in [2.75, 3.05) is 11.1 Å². The molecular formula is C14H15N3O3S. The third-order valence-electron chi connectivity index (χ3n) is 2.70. The van der Waals surface area contributed by atoms with Gasteiger partial charge in [0.25, 0.3) is 5.56 Å². The van der Waals surface area contributed by atoms with Gasteiger partial charge in [0.05, 0.1) is 11.8 Å². The Bertz CT molecular complexity index is 728. The number of carbonyl (C=O) groups excluding carboxylic acids is 1. The van der Waals surface area contributed by atoms with Crippen LogP contribution in [0.5, 0.6) is 5.88 Å². The first kappa shape index (κ1) is 15.1. The van der Waals surface area contributed by atoms with Gasteiger partial charge in [0.2, 0.25) is 11.8 Å². The molecule has 0 aliphatic heterocycles. The summed E-state index contributed by atoms with van der Waals surface area (Å²) in [6.45, 7) is 3.91. The van der Waals surface area contributed by atoms with Crippen LogP contribution in [0.15, 0.2) is 34.2 Å². The lowest BCUT2D eigenvalue weighted by Crippen LogP contribution is -2.16. The van der Waals surface area contributed by atoms with Gasteiger partial charge in [0.15, 0.2) is 5.16 Å². The van der Waals surface area contributed by atoms with E-state index < -0.39 is 5.56 Å². The lowest BCUT2D eigenvalue weighted by molar-refractivity contribution is -0.113. The van der Waals surface area contributed by atoms with Crippen molar-refractivity contribution >= 4 is 23.4 Å². The Balaban J connectivity index is 1.97. The average Bonchev–Trinajstić information content (AvgIpc) is 2.39. The van der Waals surface area contributed by atoms with Crippen LogP contribution in [0, 0.1) is 13.8 Å². The summed E-state index contributed by atoms with van der Waals surface area (Å²) in [5, 5.41) is 12.2. The van der Waals surface area contributed by atoms with Crippen molar-refractivity contribution in [1.82, 2.24) is 9.97 Å². The smallest absolute Gasteiger partial charge is 0.255 e. The molecule has 0 fully saturated rings. The zero-order valence-corrected chi connectivity index (χ0v) is 12.5. The number of hydrogen-bond donors (Lipinski definition) is 3. The molecule has 1 heterocycles. The Morgan fingerprint density at radius 2 is 2.14 bits per heavy atom. The van der Waals surface area contributed by atoms with Crippen LogP contribution >= 0.6 is 11.8 Å². The fraction of sp³-hybridized carbons (Fsp3) is 0.214. The van der Waals surface area contributed by atoms with Crippen molar-refractivity contribution < 1.29 is 9.90 Å². The molecule has 6 nitrogen and oxygen atoms in total. The van der Waals surface area contributed by atoms with E-state index in [1.54, 1.807) is 0 Å². The van der Waals surface area contributed by atoms with Gasteiger partial charge in [-0.3, -0.25) is 9.59 Å². The molecule has 3 N–H and O–H groups in total. The van der Waals surface area contributed by atoms with Crippen LogP contribution in [0.1, 0.15) is 11.1 Å². The Hall–Kier alpha value is -2.28. The quantitative estimate of drug-likeness (QED) is 0.591. The van der Waals surface area contributed by atoms with Gasteiger partial charge in [0, 0.05) is 5.69 Å². The number of anilines is 1. The number of aromatic amines is 1. The summed E-state index contributed by atoms with van der Waals surface area (Å²) in [5.41, 5.74) is 2.40. The first-order chi connectivity index (χ1) is 9.94. The molecule has 1 amide bonds. The van der Waals surface area contributed by atoms with E-state index >= 15 is 0 Å². The van der Waals surface area contributed by atoms with Gasteiger partial charge in [0.1, 0.15) is 0 Å². The van der Waals surface area contributed by atoms with E-state index in [4.69, 9.17) is 0 Å². The number of carbonyl (C=O) groups is 1. The number of rotatable bonds is 4. The summed E-state index contributed by atoms with van der Waals surface area (Å²) >= 11 is 1.05. The lowest BCUT2D eigenvalue weighted by Gasteiger charge is -2.08. The molecule has 0 aliphatic carbocycles. The molecule has 1 aromatic heterocycles.